The van der Waals surface area contributed by atoms with E-state index in [2.05, 4.69) is 4.98 Å². The van der Waals surface area contributed by atoms with E-state index in [1.807, 2.05) is 0 Å². The minimum Gasteiger partial charge on any atom is -0.295 e. The van der Waals surface area contributed by atoms with Crippen LogP contribution >= 0.6 is 11.6 Å². The SMILES string of the molecule is O=c1ccncn1Cc1cc(F)ccc1Cl. The van der Waals surface area contributed by atoms with Crippen molar-refractivity contribution < 1.29 is 4.39 Å². The first kappa shape index (κ1) is 10.8. The van der Waals surface area contributed by atoms with Crippen molar-refractivity contribution in [2.24, 2.45) is 0 Å². The van der Waals surface area contributed by atoms with Crippen LogP contribution in [0.4, 0.5) is 4.39 Å². The third-order valence-corrected chi connectivity index (χ3v) is 2.51. The van der Waals surface area contributed by atoms with Crippen LogP contribution in [0.3, 0.4) is 0 Å². The summed E-state index contributed by atoms with van der Waals surface area (Å²) in [6.45, 7) is 0.212. The number of nitrogens with zero attached hydrogens (tertiary/aromatic N) is 2. The Morgan fingerprint density at radius 1 is 1.38 bits per heavy atom. The molecule has 0 unspecified atom stereocenters. The molecular formula is C11H8ClFN2O. The van der Waals surface area contributed by atoms with Crippen LogP contribution in [0.5, 0.6) is 0 Å². The van der Waals surface area contributed by atoms with Gasteiger partial charge in [-0.3, -0.25) is 9.36 Å². The first-order valence-electron chi connectivity index (χ1n) is 4.61. The molecule has 1 aromatic heterocycles. The number of benzene rings is 1. The van der Waals surface area contributed by atoms with Crippen molar-refractivity contribution in [3.8, 4) is 0 Å². The highest BCUT2D eigenvalue weighted by Crippen LogP contribution is 2.17. The highest BCUT2D eigenvalue weighted by atomic mass is 35.5. The lowest BCUT2D eigenvalue weighted by atomic mass is 10.2. The molecule has 0 aliphatic carbocycles. The lowest BCUT2D eigenvalue weighted by Gasteiger charge is -2.06. The lowest BCUT2D eigenvalue weighted by Crippen LogP contribution is -2.19. The zero-order chi connectivity index (χ0) is 11.5. The first-order valence-corrected chi connectivity index (χ1v) is 4.99. The van der Waals surface area contributed by atoms with Gasteiger partial charge in [0.25, 0.3) is 5.56 Å². The van der Waals surface area contributed by atoms with Crippen molar-refractivity contribution in [1.29, 1.82) is 0 Å². The highest BCUT2D eigenvalue weighted by Gasteiger charge is 2.04. The summed E-state index contributed by atoms with van der Waals surface area (Å²) in [4.78, 5) is 15.2. The van der Waals surface area contributed by atoms with Crippen molar-refractivity contribution in [3.05, 3.63) is 63.5 Å². The summed E-state index contributed by atoms with van der Waals surface area (Å²) in [5.41, 5.74) is 0.354. The monoisotopic (exact) mass is 238 g/mol. The van der Waals surface area contributed by atoms with Crippen LogP contribution in [-0.4, -0.2) is 9.55 Å². The molecule has 3 nitrogen and oxygen atoms in total. The molecule has 0 bridgehead atoms. The average Bonchev–Trinajstić information content (AvgIpc) is 2.27. The standard InChI is InChI=1S/C11H8ClFN2O/c12-10-2-1-9(13)5-8(10)6-15-7-14-4-3-11(15)16/h1-5,7H,6H2. The maximum Gasteiger partial charge on any atom is 0.253 e. The summed E-state index contributed by atoms with van der Waals surface area (Å²) in [5.74, 6) is -0.378. The van der Waals surface area contributed by atoms with Crippen molar-refractivity contribution in [2.45, 2.75) is 6.54 Å². The fourth-order valence-corrected chi connectivity index (χ4v) is 1.52. The molecule has 0 fully saturated rings. The van der Waals surface area contributed by atoms with Crippen LogP contribution in [0, 0.1) is 5.82 Å². The molecule has 0 radical (unpaired) electrons. The van der Waals surface area contributed by atoms with Crippen molar-refractivity contribution in [3.63, 3.8) is 0 Å². The van der Waals surface area contributed by atoms with Gasteiger partial charge in [0.2, 0.25) is 0 Å². The molecule has 5 heteroatoms. The van der Waals surface area contributed by atoms with E-state index in [0.29, 0.717) is 10.6 Å². The van der Waals surface area contributed by atoms with E-state index < -0.39 is 0 Å². The molecule has 82 valence electrons. The third kappa shape index (κ3) is 2.28. The average molecular weight is 239 g/mol. The van der Waals surface area contributed by atoms with Crippen LogP contribution in [0.1, 0.15) is 5.56 Å². The van der Waals surface area contributed by atoms with Gasteiger partial charge in [0.15, 0.2) is 0 Å². The van der Waals surface area contributed by atoms with Crippen molar-refractivity contribution in [1.82, 2.24) is 9.55 Å². The Morgan fingerprint density at radius 2 is 2.19 bits per heavy atom. The number of hydrogen-bond acceptors (Lipinski definition) is 2. The largest absolute Gasteiger partial charge is 0.295 e. The molecule has 2 rings (SSSR count). The van der Waals surface area contributed by atoms with Crippen LogP contribution < -0.4 is 5.56 Å². The van der Waals surface area contributed by atoms with Crippen LogP contribution in [0.15, 0.2) is 41.6 Å². The smallest absolute Gasteiger partial charge is 0.253 e. The molecule has 0 aliphatic rings. The summed E-state index contributed by atoms with van der Waals surface area (Å²) in [6.07, 6.45) is 2.80. The number of aromatic nitrogens is 2. The first-order chi connectivity index (χ1) is 7.66. The fraction of sp³-hybridized carbons (Fsp3) is 0.0909. The van der Waals surface area contributed by atoms with Gasteiger partial charge in [0, 0.05) is 17.3 Å². The van der Waals surface area contributed by atoms with Gasteiger partial charge in [-0.1, -0.05) is 11.6 Å². The van der Waals surface area contributed by atoms with Crippen molar-refractivity contribution in [2.75, 3.05) is 0 Å². The van der Waals surface area contributed by atoms with Gasteiger partial charge >= 0.3 is 0 Å². The zero-order valence-corrected chi connectivity index (χ0v) is 8.99. The maximum absolute atomic E-state index is 13.0. The molecule has 1 heterocycles. The number of hydrogen-bond donors (Lipinski definition) is 0. The fourth-order valence-electron chi connectivity index (χ4n) is 1.35. The van der Waals surface area contributed by atoms with Gasteiger partial charge in [-0.2, -0.15) is 0 Å². The Bertz CT molecular complexity index is 568. The highest BCUT2D eigenvalue weighted by molar-refractivity contribution is 6.31. The van der Waals surface area contributed by atoms with E-state index in [-0.39, 0.29) is 17.9 Å². The van der Waals surface area contributed by atoms with Crippen LogP contribution in [0.25, 0.3) is 0 Å². The molecule has 0 aliphatic heterocycles. The molecule has 0 spiro atoms. The Morgan fingerprint density at radius 3 is 2.94 bits per heavy atom. The van der Waals surface area contributed by atoms with Crippen LogP contribution in [0.2, 0.25) is 5.02 Å². The summed E-state index contributed by atoms with van der Waals surface area (Å²) >= 11 is 5.90. The van der Waals surface area contributed by atoms with Gasteiger partial charge in [-0.25, -0.2) is 9.37 Å². The molecular weight excluding hydrogens is 231 g/mol. The van der Waals surface area contributed by atoms with E-state index in [1.165, 1.54) is 41.4 Å². The number of halogens is 2. The second kappa shape index (κ2) is 4.45. The molecule has 16 heavy (non-hydrogen) atoms. The zero-order valence-electron chi connectivity index (χ0n) is 8.23. The molecule has 0 saturated carbocycles. The Hall–Kier alpha value is -1.68. The quantitative estimate of drug-likeness (QED) is 0.803. The van der Waals surface area contributed by atoms with Gasteiger partial charge in [0.05, 0.1) is 12.9 Å². The predicted octanol–water partition coefficient (Wildman–Crippen LogP) is 2.08. The predicted molar refractivity (Wildman–Crippen MR) is 59.0 cm³/mol. The maximum atomic E-state index is 13.0. The van der Waals surface area contributed by atoms with E-state index in [9.17, 15) is 9.18 Å². The summed E-state index contributed by atoms with van der Waals surface area (Å²) in [6, 6.07) is 5.39. The molecule has 2 aromatic rings. The third-order valence-electron chi connectivity index (χ3n) is 2.14. The second-order valence-electron chi connectivity index (χ2n) is 3.28. The summed E-state index contributed by atoms with van der Waals surface area (Å²) < 4.78 is 14.4. The Kier molecular flexibility index (Phi) is 3.01. The van der Waals surface area contributed by atoms with E-state index in [1.54, 1.807) is 0 Å². The molecule has 1 aromatic carbocycles. The normalized spacial score (nSPS) is 10.4. The molecule has 0 N–H and O–H groups in total. The Balaban J connectivity index is 2.38. The Labute approximate surface area is 96.1 Å². The number of rotatable bonds is 2. The minimum absolute atomic E-state index is 0.199. The molecule has 0 atom stereocenters. The van der Waals surface area contributed by atoms with E-state index >= 15 is 0 Å². The van der Waals surface area contributed by atoms with E-state index in [4.69, 9.17) is 11.6 Å². The summed E-state index contributed by atoms with van der Waals surface area (Å²) in [7, 11) is 0. The summed E-state index contributed by atoms with van der Waals surface area (Å²) in [5, 5.41) is 0.428. The second-order valence-corrected chi connectivity index (χ2v) is 3.69. The lowest BCUT2D eigenvalue weighted by molar-refractivity contribution is 0.622. The topological polar surface area (TPSA) is 34.9 Å². The van der Waals surface area contributed by atoms with Gasteiger partial charge in [0.1, 0.15) is 5.82 Å². The van der Waals surface area contributed by atoms with Crippen LogP contribution in [-0.2, 0) is 6.54 Å². The van der Waals surface area contributed by atoms with E-state index in [0.717, 1.165) is 0 Å². The van der Waals surface area contributed by atoms with Crippen molar-refractivity contribution >= 4 is 11.6 Å². The van der Waals surface area contributed by atoms with Gasteiger partial charge < -0.3 is 0 Å². The van der Waals surface area contributed by atoms with Gasteiger partial charge in [-0.15, -0.1) is 0 Å². The minimum atomic E-state index is -0.378. The molecule has 0 amide bonds. The van der Waals surface area contributed by atoms with Gasteiger partial charge in [-0.05, 0) is 23.8 Å². The molecule has 0 saturated heterocycles.